The van der Waals surface area contributed by atoms with Crippen LogP contribution >= 0.6 is 0 Å². The van der Waals surface area contributed by atoms with E-state index in [-0.39, 0.29) is 5.91 Å². The quantitative estimate of drug-likeness (QED) is 0.583. The monoisotopic (exact) mass is 224 g/mol. The smallest absolute Gasteiger partial charge is 0.234 e. The Bertz CT molecular complexity index is 257. The number of carbonyl (C=O) groups is 1. The highest BCUT2D eigenvalue weighted by Crippen LogP contribution is 2.05. The van der Waals surface area contributed by atoms with Crippen LogP contribution in [0.2, 0.25) is 0 Å². The third-order valence-electron chi connectivity index (χ3n) is 2.69. The zero-order chi connectivity index (χ0) is 11.8. The van der Waals surface area contributed by atoms with Crippen molar-refractivity contribution in [3.8, 4) is 6.07 Å². The summed E-state index contributed by atoms with van der Waals surface area (Å²) in [4.78, 5) is 13.8. The summed E-state index contributed by atoms with van der Waals surface area (Å²) in [7, 11) is 0. The topological polar surface area (TPSA) is 68.2 Å². The molecule has 1 saturated heterocycles. The molecule has 0 radical (unpaired) electrons. The summed E-state index contributed by atoms with van der Waals surface area (Å²) in [6.07, 6.45) is 1.44. The normalized spacial score (nSPS) is 15.6. The first-order valence-electron chi connectivity index (χ1n) is 5.86. The van der Waals surface area contributed by atoms with Gasteiger partial charge in [-0.1, -0.05) is 6.92 Å². The van der Waals surface area contributed by atoms with E-state index in [9.17, 15) is 4.79 Å². The van der Waals surface area contributed by atoms with Gasteiger partial charge in [-0.05, 0) is 13.0 Å². The van der Waals surface area contributed by atoms with Crippen LogP contribution in [0.25, 0.3) is 0 Å². The van der Waals surface area contributed by atoms with Crippen molar-refractivity contribution in [1.82, 2.24) is 15.5 Å². The summed E-state index contributed by atoms with van der Waals surface area (Å²) in [5.41, 5.74) is 0. The predicted molar refractivity (Wildman–Crippen MR) is 61.8 cm³/mol. The second-order valence-electron chi connectivity index (χ2n) is 4.04. The van der Waals surface area contributed by atoms with Crippen molar-refractivity contribution in [2.75, 3.05) is 32.7 Å². The molecule has 0 aromatic rings. The third kappa shape index (κ3) is 4.17. The minimum atomic E-state index is 0.0237. The zero-order valence-electron chi connectivity index (χ0n) is 9.83. The Labute approximate surface area is 96.8 Å². The number of hydrogen-bond donors (Lipinski definition) is 2. The summed E-state index contributed by atoms with van der Waals surface area (Å²) >= 11 is 0. The standard InChI is InChI=1S/C11H20N4O/c1-2-6-15(10-7-13-8-10)9-11(16)14-5-3-4-12/h10,13H,2-3,5-9H2,1H3,(H,14,16). The average molecular weight is 224 g/mol. The molecular formula is C11H20N4O. The van der Waals surface area contributed by atoms with Crippen molar-refractivity contribution in [2.24, 2.45) is 0 Å². The Balaban J connectivity index is 2.24. The van der Waals surface area contributed by atoms with Crippen molar-refractivity contribution >= 4 is 5.91 Å². The van der Waals surface area contributed by atoms with Crippen LogP contribution in [0.3, 0.4) is 0 Å². The van der Waals surface area contributed by atoms with Gasteiger partial charge >= 0.3 is 0 Å². The second kappa shape index (κ2) is 7.20. The van der Waals surface area contributed by atoms with Crippen LogP contribution in [0.15, 0.2) is 0 Å². The molecule has 0 aromatic carbocycles. The average Bonchev–Trinajstić information content (AvgIpc) is 2.15. The van der Waals surface area contributed by atoms with E-state index >= 15 is 0 Å². The van der Waals surface area contributed by atoms with E-state index < -0.39 is 0 Å². The molecule has 16 heavy (non-hydrogen) atoms. The maximum Gasteiger partial charge on any atom is 0.234 e. The summed E-state index contributed by atoms with van der Waals surface area (Å²) < 4.78 is 0. The molecule has 0 saturated carbocycles. The lowest BCUT2D eigenvalue weighted by Crippen LogP contribution is -2.59. The van der Waals surface area contributed by atoms with Gasteiger partial charge in [0, 0.05) is 25.7 Å². The van der Waals surface area contributed by atoms with Crippen LogP contribution in [0.1, 0.15) is 19.8 Å². The SMILES string of the molecule is CCCN(CC(=O)NCCC#N)C1CNC1. The number of carbonyl (C=O) groups excluding carboxylic acids is 1. The van der Waals surface area contributed by atoms with Gasteiger partial charge in [-0.25, -0.2) is 0 Å². The second-order valence-corrected chi connectivity index (χ2v) is 4.04. The number of amides is 1. The van der Waals surface area contributed by atoms with Crippen LogP contribution in [0.5, 0.6) is 0 Å². The Kier molecular flexibility index (Phi) is 5.83. The molecule has 5 nitrogen and oxygen atoms in total. The van der Waals surface area contributed by atoms with E-state index in [1.807, 2.05) is 6.07 Å². The van der Waals surface area contributed by atoms with Crippen LogP contribution in [0, 0.1) is 11.3 Å². The maximum atomic E-state index is 11.6. The van der Waals surface area contributed by atoms with Gasteiger partial charge in [0.05, 0.1) is 19.0 Å². The number of nitrogens with zero attached hydrogens (tertiary/aromatic N) is 2. The molecule has 1 amide bonds. The minimum absolute atomic E-state index is 0.0237. The largest absolute Gasteiger partial charge is 0.354 e. The van der Waals surface area contributed by atoms with Gasteiger partial charge < -0.3 is 10.6 Å². The van der Waals surface area contributed by atoms with E-state index in [2.05, 4.69) is 22.5 Å². The number of rotatable bonds is 7. The molecule has 0 unspecified atom stereocenters. The molecule has 0 aromatic heterocycles. The lowest BCUT2D eigenvalue weighted by Gasteiger charge is -2.37. The lowest BCUT2D eigenvalue weighted by molar-refractivity contribution is -0.123. The molecule has 0 spiro atoms. The van der Waals surface area contributed by atoms with E-state index in [4.69, 9.17) is 5.26 Å². The van der Waals surface area contributed by atoms with Gasteiger partial charge in [0.2, 0.25) is 5.91 Å². The number of hydrogen-bond acceptors (Lipinski definition) is 4. The first-order valence-corrected chi connectivity index (χ1v) is 5.86. The Morgan fingerprint density at radius 2 is 2.38 bits per heavy atom. The Morgan fingerprint density at radius 3 is 2.88 bits per heavy atom. The number of nitrogens with one attached hydrogen (secondary N) is 2. The fourth-order valence-corrected chi connectivity index (χ4v) is 1.71. The highest BCUT2D eigenvalue weighted by Gasteiger charge is 2.25. The molecule has 1 heterocycles. The molecule has 1 fully saturated rings. The van der Waals surface area contributed by atoms with Crippen LogP contribution in [-0.2, 0) is 4.79 Å². The lowest BCUT2D eigenvalue weighted by atomic mass is 10.1. The molecule has 1 rings (SSSR count). The fourth-order valence-electron chi connectivity index (χ4n) is 1.71. The zero-order valence-corrected chi connectivity index (χ0v) is 9.83. The Morgan fingerprint density at radius 1 is 1.62 bits per heavy atom. The first-order chi connectivity index (χ1) is 7.77. The summed E-state index contributed by atoms with van der Waals surface area (Å²) in [5, 5.41) is 14.3. The third-order valence-corrected chi connectivity index (χ3v) is 2.69. The molecule has 5 heteroatoms. The van der Waals surface area contributed by atoms with Gasteiger partial charge in [-0.2, -0.15) is 5.26 Å². The highest BCUT2D eigenvalue weighted by molar-refractivity contribution is 5.78. The summed E-state index contributed by atoms with van der Waals surface area (Å²) in [5.74, 6) is 0.0237. The molecule has 0 bridgehead atoms. The fraction of sp³-hybridized carbons (Fsp3) is 0.818. The Hall–Kier alpha value is -1.12. The highest BCUT2D eigenvalue weighted by atomic mass is 16.2. The van der Waals surface area contributed by atoms with Gasteiger partial charge in [0.15, 0.2) is 0 Å². The maximum absolute atomic E-state index is 11.6. The summed E-state index contributed by atoms with van der Waals surface area (Å²) in [6.45, 7) is 5.94. The van der Waals surface area contributed by atoms with Gasteiger partial charge in [-0.15, -0.1) is 0 Å². The van der Waals surface area contributed by atoms with Crippen molar-refractivity contribution in [1.29, 1.82) is 5.26 Å². The number of nitriles is 1. The van der Waals surface area contributed by atoms with E-state index in [0.29, 0.717) is 25.6 Å². The van der Waals surface area contributed by atoms with Crippen molar-refractivity contribution < 1.29 is 4.79 Å². The van der Waals surface area contributed by atoms with E-state index in [0.717, 1.165) is 26.1 Å². The molecule has 90 valence electrons. The first kappa shape index (κ1) is 12.9. The van der Waals surface area contributed by atoms with E-state index in [1.54, 1.807) is 0 Å². The molecule has 2 N–H and O–H groups in total. The van der Waals surface area contributed by atoms with Crippen LogP contribution in [0.4, 0.5) is 0 Å². The van der Waals surface area contributed by atoms with Crippen molar-refractivity contribution in [3.05, 3.63) is 0 Å². The van der Waals surface area contributed by atoms with E-state index in [1.165, 1.54) is 0 Å². The van der Waals surface area contributed by atoms with Crippen molar-refractivity contribution in [2.45, 2.75) is 25.8 Å². The van der Waals surface area contributed by atoms with Gasteiger partial charge in [-0.3, -0.25) is 9.69 Å². The minimum Gasteiger partial charge on any atom is -0.354 e. The molecule has 0 atom stereocenters. The van der Waals surface area contributed by atoms with Crippen molar-refractivity contribution in [3.63, 3.8) is 0 Å². The van der Waals surface area contributed by atoms with Gasteiger partial charge in [0.1, 0.15) is 0 Å². The molecule has 0 aliphatic carbocycles. The van der Waals surface area contributed by atoms with Crippen LogP contribution in [-0.4, -0.2) is 49.6 Å². The molecular weight excluding hydrogens is 204 g/mol. The molecule has 1 aliphatic rings. The van der Waals surface area contributed by atoms with Gasteiger partial charge in [0.25, 0.3) is 0 Å². The molecule has 1 aliphatic heterocycles. The summed E-state index contributed by atoms with van der Waals surface area (Å²) in [6, 6.07) is 2.51. The predicted octanol–water partition coefficient (Wildman–Crippen LogP) is -0.300. The van der Waals surface area contributed by atoms with Crippen LogP contribution < -0.4 is 10.6 Å².